The molecule has 3 aliphatic carbocycles. The first-order valence-corrected chi connectivity index (χ1v) is 16.6. The first kappa shape index (κ1) is 29.6. The fraction of sp³-hybridized carbons (Fsp3) is 0.567. The summed E-state index contributed by atoms with van der Waals surface area (Å²) in [6.45, 7) is 0.826. The highest BCUT2D eigenvalue weighted by atomic mass is 32.2. The Morgan fingerprint density at radius 2 is 1.81 bits per heavy atom. The Morgan fingerprint density at radius 3 is 2.38 bits per heavy atom. The SMILES string of the molecule is CN1[C@H](CCC(C)(F)F)CN(c2ccc(F)cc2)c2cc(SC3CC4(CC4)C3)c(OCC3(C(=O)O)CC3)cc2S1(=O)=O. The number of alkyl halides is 2. The number of carboxylic acid groups (broad SMARTS) is 1. The molecule has 1 atom stereocenters. The number of fused-ring (bicyclic) bond motifs is 1. The number of likely N-dealkylation sites (N-methyl/N-ethyl adjacent to an activating group) is 1. The molecule has 1 spiro atoms. The van der Waals surface area contributed by atoms with Gasteiger partial charge < -0.3 is 14.7 Å². The second kappa shape index (κ2) is 10.3. The highest BCUT2D eigenvalue weighted by molar-refractivity contribution is 8.00. The maximum absolute atomic E-state index is 14.1. The molecule has 7 nitrogen and oxygen atoms in total. The van der Waals surface area contributed by atoms with Crippen LogP contribution in [0.15, 0.2) is 46.2 Å². The summed E-state index contributed by atoms with van der Waals surface area (Å²) in [6, 6.07) is 8.09. The van der Waals surface area contributed by atoms with Gasteiger partial charge in [-0.1, -0.05) is 0 Å². The van der Waals surface area contributed by atoms with E-state index in [0.29, 0.717) is 45.5 Å². The molecule has 6 rings (SSSR count). The second-order valence-electron chi connectivity index (χ2n) is 12.7. The van der Waals surface area contributed by atoms with Gasteiger partial charge in [0, 0.05) is 43.1 Å². The lowest BCUT2D eigenvalue weighted by molar-refractivity contribution is -0.144. The van der Waals surface area contributed by atoms with Crippen LogP contribution in [0.25, 0.3) is 0 Å². The number of carboxylic acids is 1. The lowest BCUT2D eigenvalue weighted by Crippen LogP contribution is -2.41. The van der Waals surface area contributed by atoms with Gasteiger partial charge in [0.2, 0.25) is 15.9 Å². The van der Waals surface area contributed by atoms with Crippen LogP contribution in [-0.2, 0) is 14.8 Å². The monoisotopic (exact) mass is 624 g/mol. The highest BCUT2D eigenvalue weighted by Gasteiger charge is 2.54. The number of anilines is 2. The molecule has 4 aliphatic rings. The highest BCUT2D eigenvalue weighted by Crippen LogP contribution is 2.65. The van der Waals surface area contributed by atoms with Gasteiger partial charge >= 0.3 is 5.97 Å². The fourth-order valence-corrected chi connectivity index (χ4v) is 9.24. The molecule has 2 aromatic carbocycles. The number of carbonyl (C=O) groups is 1. The van der Waals surface area contributed by atoms with E-state index in [9.17, 15) is 31.5 Å². The molecule has 2 aromatic rings. The molecule has 0 radical (unpaired) electrons. The number of hydrogen-bond acceptors (Lipinski definition) is 6. The van der Waals surface area contributed by atoms with Gasteiger partial charge in [-0.3, -0.25) is 4.79 Å². The van der Waals surface area contributed by atoms with E-state index in [2.05, 4.69) is 0 Å². The van der Waals surface area contributed by atoms with Crippen LogP contribution in [0, 0.1) is 16.6 Å². The minimum Gasteiger partial charge on any atom is -0.491 e. The number of benzene rings is 2. The van der Waals surface area contributed by atoms with Crippen molar-refractivity contribution in [2.24, 2.45) is 10.8 Å². The van der Waals surface area contributed by atoms with Gasteiger partial charge in [0.25, 0.3) is 0 Å². The van der Waals surface area contributed by atoms with Crippen molar-refractivity contribution in [3.8, 4) is 5.75 Å². The first-order chi connectivity index (χ1) is 19.7. The number of nitrogens with zero attached hydrogens (tertiary/aromatic N) is 2. The van der Waals surface area contributed by atoms with Gasteiger partial charge in [-0.25, -0.2) is 21.6 Å². The van der Waals surface area contributed by atoms with Crippen LogP contribution in [0.4, 0.5) is 24.5 Å². The van der Waals surface area contributed by atoms with E-state index in [1.807, 2.05) is 0 Å². The molecule has 3 saturated carbocycles. The van der Waals surface area contributed by atoms with Gasteiger partial charge in [-0.2, -0.15) is 4.31 Å². The maximum atomic E-state index is 14.1. The molecule has 0 bridgehead atoms. The Bertz CT molecular complexity index is 1480. The Morgan fingerprint density at radius 1 is 1.14 bits per heavy atom. The molecule has 3 fully saturated rings. The number of halogens is 3. The van der Waals surface area contributed by atoms with E-state index in [4.69, 9.17) is 4.74 Å². The zero-order chi connectivity index (χ0) is 30.1. The Hall–Kier alpha value is -2.44. The van der Waals surface area contributed by atoms with Crippen molar-refractivity contribution in [3.63, 3.8) is 0 Å². The third-order valence-electron chi connectivity index (χ3n) is 9.32. The molecule has 0 amide bonds. The molecule has 42 heavy (non-hydrogen) atoms. The predicted molar refractivity (Wildman–Crippen MR) is 154 cm³/mol. The molecule has 12 heteroatoms. The molecule has 228 valence electrons. The normalized spacial score (nSPS) is 24.0. The van der Waals surface area contributed by atoms with Crippen molar-refractivity contribution in [1.82, 2.24) is 4.31 Å². The standard InChI is InChI=1S/C30H35F3N2O5S2/c1-28(32,33)8-7-21-17-35(20-5-3-19(31)4-6-20)23-13-25(41-22-15-29(16-22)9-10-29)24(14-26(23)42(38,39)34(21)2)40-18-30(11-12-30)27(36)37/h3-6,13-14,21-22H,7-12,15-18H2,1-2H3,(H,36,37)/t21-/m1/s1. The largest absolute Gasteiger partial charge is 0.491 e. The van der Waals surface area contributed by atoms with Crippen LogP contribution in [0.5, 0.6) is 5.75 Å². The predicted octanol–water partition coefficient (Wildman–Crippen LogP) is 6.68. The van der Waals surface area contributed by atoms with Gasteiger partial charge in [0.15, 0.2) is 0 Å². The van der Waals surface area contributed by atoms with E-state index in [1.54, 1.807) is 34.9 Å². The lowest BCUT2D eigenvalue weighted by Gasteiger charge is -2.36. The number of hydrogen-bond donors (Lipinski definition) is 1. The third-order valence-corrected chi connectivity index (χ3v) is 12.5. The molecule has 0 aromatic heterocycles. The summed E-state index contributed by atoms with van der Waals surface area (Å²) in [5.74, 6) is -4.06. The van der Waals surface area contributed by atoms with Crippen LogP contribution in [0.3, 0.4) is 0 Å². The van der Waals surface area contributed by atoms with Crippen LogP contribution in [0.1, 0.15) is 58.3 Å². The molecule has 1 aliphatic heterocycles. The average molecular weight is 625 g/mol. The van der Waals surface area contributed by atoms with Crippen molar-refractivity contribution >= 4 is 39.1 Å². The van der Waals surface area contributed by atoms with Gasteiger partial charge in [-0.15, -0.1) is 11.8 Å². The van der Waals surface area contributed by atoms with Gasteiger partial charge in [0.1, 0.15) is 28.5 Å². The molecular formula is C30H35F3N2O5S2. The number of ether oxygens (including phenoxy) is 1. The summed E-state index contributed by atoms with van der Waals surface area (Å²) >= 11 is 1.61. The van der Waals surface area contributed by atoms with Crippen LogP contribution in [0.2, 0.25) is 0 Å². The minimum atomic E-state index is -4.18. The van der Waals surface area contributed by atoms with E-state index in [0.717, 1.165) is 24.1 Å². The molecule has 1 heterocycles. The number of rotatable bonds is 10. The third kappa shape index (κ3) is 5.74. The van der Waals surface area contributed by atoms with Gasteiger partial charge in [-0.05, 0) is 87.6 Å². The van der Waals surface area contributed by atoms with E-state index < -0.39 is 45.6 Å². The zero-order valence-electron chi connectivity index (χ0n) is 23.6. The van der Waals surface area contributed by atoms with Gasteiger partial charge in [0.05, 0.1) is 10.6 Å². The van der Waals surface area contributed by atoms with Crippen molar-refractivity contribution in [3.05, 3.63) is 42.2 Å². The number of sulfonamides is 1. The van der Waals surface area contributed by atoms with E-state index >= 15 is 0 Å². The average Bonchev–Trinajstić information content (AvgIpc) is 3.82. The van der Waals surface area contributed by atoms with Crippen molar-refractivity contribution in [2.75, 3.05) is 25.1 Å². The zero-order valence-corrected chi connectivity index (χ0v) is 25.2. The van der Waals surface area contributed by atoms with Crippen molar-refractivity contribution < 1.29 is 36.2 Å². The Balaban J connectivity index is 1.43. The minimum absolute atomic E-state index is 0.0631. The molecule has 1 N–H and O–H groups in total. The quantitative estimate of drug-likeness (QED) is 0.316. The molecule has 0 unspecified atom stereocenters. The maximum Gasteiger partial charge on any atom is 0.313 e. The Kier molecular flexibility index (Phi) is 7.29. The summed E-state index contributed by atoms with van der Waals surface area (Å²) in [7, 11) is -2.79. The van der Waals surface area contributed by atoms with Crippen molar-refractivity contribution in [1.29, 1.82) is 0 Å². The second-order valence-corrected chi connectivity index (χ2v) is 16.0. The van der Waals surface area contributed by atoms with Crippen LogP contribution >= 0.6 is 11.8 Å². The summed E-state index contributed by atoms with van der Waals surface area (Å²) in [4.78, 5) is 14.2. The summed E-state index contributed by atoms with van der Waals surface area (Å²) < 4.78 is 77.1. The smallest absolute Gasteiger partial charge is 0.313 e. The summed E-state index contributed by atoms with van der Waals surface area (Å²) in [5.41, 5.74) is 0.348. The molecule has 0 saturated heterocycles. The van der Waals surface area contributed by atoms with E-state index in [1.165, 1.54) is 38.1 Å². The first-order valence-electron chi connectivity index (χ1n) is 14.3. The number of thioether (sulfide) groups is 1. The Labute approximate surface area is 248 Å². The van der Waals surface area contributed by atoms with Crippen LogP contribution < -0.4 is 9.64 Å². The number of aliphatic carboxylic acids is 1. The van der Waals surface area contributed by atoms with Crippen LogP contribution in [-0.4, -0.2) is 61.2 Å². The summed E-state index contributed by atoms with van der Waals surface area (Å²) in [6.07, 6.45) is 4.96. The summed E-state index contributed by atoms with van der Waals surface area (Å²) in [5, 5.41) is 10.0. The fourth-order valence-electron chi connectivity index (χ4n) is 6.03. The van der Waals surface area contributed by atoms with Crippen molar-refractivity contribution in [2.45, 2.75) is 85.3 Å². The van der Waals surface area contributed by atoms with E-state index in [-0.39, 0.29) is 24.5 Å². The lowest BCUT2D eigenvalue weighted by atomic mass is 9.81. The molecular weight excluding hydrogens is 589 g/mol. The topological polar surface area (TPSA) is 87.2 Å².